The van der Waals surface area contributed by atoms with Crippen LogP contribution < -0.4 is 28.7 Å². The van der Waals surface area contributed by atoms with Crippen molar-refractivity contribution in [3.63, 3.8) is 0 Å². The third-order valence-corrected chi connectivity index (χ3v) is 5.71. The maximum Gasteiger partial charge on any atom is 0.122 e. The van der Waals surface area contributed by atoms with E-state index >= 15 is 0 Å². The number of quaternary nitrogens is 1. The molecule has 0 aliphatic carbocycles. The molecule has 0 saturated heterocycles. The van der Waals surface area contributed by atoms with Gasteiger partial charge in [-0.05, 0) is 41.4 Å². The van der Waals surface area contributed by atoms with Crippen LogP contribution in [0, 0.1) is 12.3 Å². The number of benzene rings is 2. The fraction of sp³-hybridized carbons (Fsp3) is 0.571. The Morgan fingerprint density at radius 1 is 0.844 bits per heavy atom. The van der Waals surface area contributed by atoms with Gasteiger partial charge in [0.05, 0.1) is 27.3 Å². The topological polar surface area (TPSA) is 18.5 Å². The summed E-state index contributed by atoms with van der Waals surface area (Å²) < 4.78 is 12.8. The number of aryl methyl sites for hydroxylation is 1. The normalized spacial score (nSPS) is 12.4. The molecule has 0 spiro atoms. The maximum absolute atomic E-state index is 6.00. The summed E-state index contributed by atoms with van der Waals surface area (Å²) in [5.41, 5.74) is 4.39. The molecule has 0 saturated carbocycles. The lowest BCUT2D eigenvalue weighted by atomic mass is 9.72. The lowest BCUT2D eigenvalue weighted by Gasteiger charge is -2.33. The van der Waals surface area contributed by atoms with Gasteiger partial charge < -0.3 is 37.9 Å². The fourth-order valence-corrected chi connectivity index (χ4v) is 4.44. The molecule has 0 heterocycles. The SMILES string of the molecule is Cc1cc(C(C)(C)CC(C)(C)C)ccc1OCCOCC[N+](C)(C)Cc1ccccc1.[I-]. The van der Waals surface area contributed by atoms with E-state index in [2.05, 4.69) is 104 Å². The minimum atomic E-state index is 0. The van der Waals surface area contributed by atoms with Crippen molar-refractivity contribution in [1.29, 1.82) is 0 Å². The molecule has 0 aliphatic heterocycles. The van der Waals surface area contributed by atoms with Crippen LogP contribution in [0.15, 0.2) is 48.5 Å². The number of hydrogen-bond acceptors (Lipinski definition) is 2. The minimum absolute atomic E-state index is 0. The predicted molar refractivity (Wildman–Crippen MR) is 132 cm³/mol. The fourth-order valence-electron chi connectivity index (χ4n) is 4.44. The molecule has 0 aliphatic rings. The number of ether oxygens (including phenoxy) is 2. The van der Waals surface area contributed by atoms with Gasteiger partial charge in [-0.1, -0.05) is 77.1 Å². The van der Waals surface area contributed by atoms with Gasteiger partial charge in [0, 0.05) is 5.56 Å². The summed E-state index contributed by atoms with van der Waals surface area (Å²) in [5, 5.41) is 0. The molecule has 0 bridgehead atoms. The van der Waals surface area contributed by atoms with Crippen molar-refractivity contribution in [2.24, 2.45) is 5.41 Å². The van der Waals surface area contributed by atoms with Crippen molar-refractivity contribution in [2.45, 2.75) is 59.9 Å². The first kappa shape index (κ1) is 28.9. The Balaban J connectivity index is 0.00000512. The van der Waals surface area contributed by atoms with E-state index in [0.29, 0.717) is 18.6 Å². The van der Waals surface area contributed by atoms with E-state index < -0.39 is 0 Å². The van der Waals surface area contributed by atoms with Gasteiger partial charge in [-0.3, -0.25) is 0 Å². The highest BCUT2D eigenvalue weighted by Gasteiger charge is 2.27. The van der Waals surface area contributed by atoms with Crippen LogP contribution in [0.25, 0.3) is 0 Å². The summed E-state index contributed by atoms with van der Waals surface area (Å²) in [5.74, 6) is 0.957. The standard InChI is InChI=1S/C28H44NO2.HI/c1-23-20-25(28(5,6)22-27(2,3)4)14-15-26(23)31-19-18-30-17-16-29(7,8)21-24-12-10-9-11-13-24;/h9-15,20H,16-19,21-22H2,1-8H3;1H/q+1;/p-1. The number of rotatable bonds is 11. The Bertz CT molecular complexity index is 810. The number of halogens is 1. The zero-order valence-corrected chi connectivity index (χ0v) is 23.7. The monoisotopic (exact) mass is 553 g/mol. The highest BCUT2D eigenvalue weighted by Crippen LogP contribution is 2.37. The van der Waals surface area contributed by atoms with Gasteiger partial charge in [-0.2, -0.15) is 0 Å². The van der Waals surface area contributed by atoms with E-state index in [1.165, 1.54) is 16.7 Å². The zero-order chi connectivity index (χ0) is 23.1. The van der Waals surface area contributed by atoms with E-state index in [-0.39, 0.29) is 29.4 Å². The predicted octanol–water partition coefficient (Wildman–Crippen LogP) is 3.38. The molecular formula is C28H44INO2. The Hall–Kier alpha value is -1.11. The molecule has 0 N–H and O–H groups in total. The van der Waals surface area contributed by atoms with Crippen molar-refractivity contribution < 1.29 is 37.9 Å². The molecule has 0 aromatic heterocycles. The maximum atomic E-state index is 6.00. The van der Waals surface area contributed by atoms with E-state index in [0.717, 1.165) is 36.3 Å². The van der Waals surface area contributed by atoms with Crippen LogP contribution in [0.2, 0.25) is 0 Å². The molecule has 3 nitrogen and oxygen atoms in total. The molecule has 0 radical (unpaired) electrons. The quantitative estimate of drug-likeness (QED) is 0.242. The average Bonchev–Trinajstić information content (AvgIpc) is 2.64. The molecule has 32 heavy (non-hydrogen) atoms. The Morgan fingerprint density at radius 2 is 1.50 bits per heavy atom. The van der Waals surface area contributed by atoms with Gasteiger partial charge in [-0.15, -0.1) is 0 Å². The van der Waals surface area contributed by atoms with Crippen molar-refractivity contribution in [3.8, 4) is 5.75 Å². The van der Waals surface area contributed by atoms with Gasteiger partial charge in [0.25, 0.3) is 0 Å². The van der Waals surface area contributed by atoms with Crippen LogP contribution in [0.4, 0.5) is 0 Å². The summed E-state index contributed by atoms with van der Waals surface area (Å²) in [4.78, 5) is 0. The lowest BCUT2D eigenvalue weighted by Crippen LogP contribution is -3.00. The van der Waals surface area contributed by atoms with Crippen LogP contribution in [0.3, 0.4) is 0 Å². The van der Waals surface area contributed by atoms with Crippen LogP contribution >= 0.6 is 0 Å². The first-order valence-electron chi connectivity index (χ1n) is 11.6. The van der Waals surface area contributed by atoms with E-state index in [4.69, 9.17) is 9.47 Å². The van der Waals surface area contributed by atoms with Crippen molar-refractivity contribution in [2.75, 3.05) is 40.5 Å². The van der Waals surface area contributed by atoms with Crippen LogP contribution in [0.5, 0.6) is 5.75 Å². The third kappa shape index (κ3) is 10.2. The summed E-state index contributed by atoms with van der Waals surface area (Å²) >= 11 is 0. The summed E-state index contributed by atoms with van der Waals surface area (Å²) in [6, 6.07) is 17.3. The van der Waals surface area contributed by atoms with Gasteiger partial charge in [-0.25, -0.2) is 0 Å². The van der Waals surface area contributed by atoms with Crippen molar-refractivity contribution >= 4 is 0 Å². The van der Waals surface area contributed by atoms with Gasteiger partial charge in [0.2, 0.25) is 0 Å². The molecule has 0 unspecified atom stereocenters. The molecule has 0 fully saturated rings. The largest absolute Gasteiger partial charge is 1.00 e. The van der Waals surface area contributed by atoms with Crippen molar-refractivity contribution in [3.05, 3.63) is 65.2 Å². The highest BCUT2D eigenvalue weighted by atomic mass is 127. The zero-order valence-electron chi connectivity index (χ0n) is 21.5. The smallest absolute Gasteiger partial charge is 0.122 e. The molecule has 4 heteroatoms. The van der Waals surface area contributed by atoms with E-state index in [1.807, 2.05) is 0 Å². The second-order valence-corrected chi connectivity index (χ2v) is 11.4. The Labute approximate surface area is 214 Å². The van der Waals surface area contributed by atoms with Crippen LogP contribution in [-0.2, 0) is 16.7 Å². The summed E-state index contributed by atoms with van der Waals surface area (Å²) in [7, 11) is 4.50. The molecule has 2 aromatic carbocycles. The molecule has 0 atom stereocenters. The number of nitrogens with zero attached hydrogens (tertiary/aromatic N) is 1. The molecule has 180 valence electrons. The second kappa shape index (κ2) is 12.4. The average molecular weight is 554 g/mol. The van der Waals surface area contributed by atoms with Crippen LogP contribution in [-0.4, -0.2) is 44.9 Å². The van der Waals surface area contributed by atoms with Gasteiger partial charge in [0.1, 0.15) is 25.4 Å². The highest BCUT2D eigenvalue weighted by molar-refractivity contribution is 5.39. The third-order valence-electron chi connectivity index (χ3n) is 5.71. The number of likely N-dealkylation sites (N-methyl/N-ethyl adjacent to an activating group) is 1. The van der Waals surface area contributed by atoms with Gasteiger partial charge in [0.15, 0.2) is 0 Å². The number of hydrogen-bond donors (Lipinski definition) is 0. The lowest BCUT2D eigenvalue weighted by molar-refractivity contribution is -0.904. The molecule has 0 amide bonds. The van der Waals surface area contributed by atoms with E-state index in [9.17, 15) is 0 Å². The Morgan fingerprint density at radius 3 is 2.09 bits per heavy atom. The van der Waals surface area contributed by atoms with E-state index in [1.54, 1.807) is 0 Å². The first-order valence-corrected chi connectivity index (χ1v) is 11.6. The summed E-state index contributed by atoms with van der Waals surface area (Å²) in [6.45, 7) is 17.6. The minimum Gasteiger partial charge on any atom is -1.00 e. The first-order chi connectivity index (χ1) is 14.4. The van der Waals surface area contributed by atoms with Crippen molar-refractivity contribution in [1.82, 2.24) is 0 Å². The molecule has 2 aromatic rings. The van der Waals surface area contributed by atoms with Gasteiger partial charge >= 0.3 is 0 Å². The summed E-state index contributed by atoms with van der Waals surface area (Å²) in [6.07, 6.45) is 1.15. The molecular weight excluding hydrogens is 509 g/mol. The van der Waals surface area contributed by atoms with Crippen LogP contribution in [0.1, 0.15) is 57.7 Å². The molecule has 2 rings (SSSR count). The second-order valence-electron chi connectivity index (χ2n) is 11.4. The Kier molecular flexibility index (Phi) is 11.2.